The number of nitrogens with one attached hydrogen (secondary N) is 2. The summed E-state index contributed by atoms with van der Waals surface area (Å²) in [6.45, 7) is 1.29. The van der Waals surface area contributed by atoms with Gasteiger partial charge in [-0.15, -0.1) is 0 Å². The lowest BCUT2D eigenvalue weighted by Gasteiger charge is -2.18. The molecule has 0 unspecified atom stereocenters. The summed E-state index contributed by atoms with van der Waals surface area (Å²) in [4.78, 5) is 31.1. The van der Waals surface area contributed by atoms with E-state index in [-0.39, 0.29) is 23.4 Å². The molecule has 36 heavy (non-hydrogen) atoms. The smallest absolute Gasteiger partial charge is 0.319 e. The number of urea groups is 1. The normalized spacial score (nSPS) is 15.2. The summed E-state index contributed by atoms with van der Waals surface area (Å²) < 4.78 is 41.1. The zero-order valence-electron chi connectivity index (χ0n) is 19.4. The quantitative estimate of drug-likeness (QED) is 0.423. The van der Waals surface area contributed by atoms with Gasteiger partial charge in [-0.1, -0.05) is 11.6 Å². The van der Waals surface area contributed by atoms with Crippen molar-refractivity contribution in [1.29, 1.82) is 0 Å². The Labute approximate surface area is 210 Å². The number of fused-ring (bicyclic) bond motifs is 1. The van der Waals surface area contributed by atoms with Crippen molar-refractivity contribution in [2.24, 2.45) is 0 Å². The van der Waals surface area contributed by atoms with E-state index < -0.39 is 28.4 Å². The molecule has 3 aromatic rings. The Bertz CT molecular complexity index is 1360. The van der Waals surface area contributed by atoms with Crippen LogP contribution in [0.3, 0.4) is 0 Å². The number of methoxy groups -OCH3 is 1. The second-order valence-electron chi connectivity index (χ2n) is 8.72. The predicted molar refractivity (Wildman–Crippen MR) is 130 cm³/mol. The summed E-state index contributed by atoms with van der Waals surface area (Å²) >= 11 is 6.09. The molecule has 11 heteroatoms. The minimum absolute atomic E-state index is 0.0573. The lowest BCUT2D eigenvalue weighted by atomic mass is 10.1. The third-order valence-corrected chi connectivity index (χ3v) is 6.51. The van der Waals surface area contributed by atoms with Gasteiger partial charge in [0.2, 0.25) is 0 Å². The molecule has 0 radical (unpaired) electrons. The van der Waals surface area contributed by atoms with Crippen molar-refractivity contribution in [2.75, 3.05) is 25.5 Å². The number of likely N-dealkylation sites (tertiary alicyclic amines) is 1. The van der Waals surface area contributed by atoms with Crippen LogP contribution in [0.5, 0.6) is 17.2 Å². The van der Waals surface area contributed by atoms with Gasteiger partial charge in [-0.05, 0) is 37.8 Å². The van der Waals surface area contributed by atoms with Crippen LogP contribution in [0.15, 0.2) is 30.5 Å². The highest BCUT2D eigenvalue weighted by atomic mass is 35.5. The van der Waals surface area contributed by atoms with Crippen LogP contribution in [-0.4, -0.2) is 48.1 Å². The zero-order chi connectivity index (χ0) is 25.4. The number of pyridine rings is 1. The highest BCUT2D eigenvalue weighted by Gasteiger charge is 2.27. The third kappa shape index (κ3) is 4.73. The van der Waals surface area contributed by atoms with Gasteiger partial charge in [-0.3, -0.25) is 9.78 Å². The first kappa shape index (κ1) is 24.1. The minimum Gasteiger partial charge on any atom is -0.496 e. The van der Waals surface area contributed by atoms with Gasteiger partial charge in [0.25, 0.3) is 5.91 Å². The first-order valence-electron chi connectivity index (χ1n) is 11.5. The molecule has 5 rings (SSSR count). The lowest BCUT2D eigenvalue weighted by Crippen LogP contribution is -2.30. The molecule has 2 fully saturated rings. The van der Waals surface area contributed by atoms with Crippen LogP contribution >= 0.6 is 11.6 Å². The van der Waals surface area contributed by atoms with Gasteiger partial charge in [0, 0.05) is 42.8 Å². The fourth-order valence-corrected chi connectivity index (χ4v) is 4.30. The highest BCUT2D eigenvalue weighted by molar-refractivity contribution is 6.34. The van der Waals surface area contributed by atoms with Gasteiger partial charge < -0.3 is 25.0 Å². The van der Waals surface area contributed by atoms with Crippen LogP contribution in [0.25, 0.3) is 10.9 Å². The Hall–Kier alpha value is -3.66. The molecule has 188 valence electrons. The van der Waals surface area contributed by atoms with Gasteiger partial charge in [-0.2, -0.15) is 0 Å². The maximum Gasteiger partial charge on any atom is 0.319 e. The molecule has 0 spiro atoms. The van der Waals surface area contributed by atoms with Gasteiger partial charge >= 0.3 is 6.03 Å². The molecule has 2 aliphatic rings. The van der Waals surface area contributed by atoms with E-state index in [2.05, 4.69) is 15.6 Å². The van der Waals surface area contributed by atoms with E-state index in [0.29, 0.717) is 35.3 Å². The Kier molecular flexibility index (Phi) is 6.53. The van der Waals surface area contributed by atoms with E-state index in [1.165, 1.54) is 19.4 Å². The summed E-state index contributed by atoms with van der Waals surface area (Å²) in [6.07, 6.45) is 4.96. The Balaban J connectivity index is 1.49. The molecule has 8 nitrogen and oxygen atoms in total. The number of carbonyl (C=O) groups is 2. The molecular formula is C25H23ClF2N4O4. The van der Waals surface area contributed by atoms with Crippen molar-refractivity contribution >= 4 is 40.1 Å². The number of nitrogens with zero attached hydrogens (tertiary/aromatic N) is 2. The largest absolute Gasteiger partial charge is 0.496 e. The van der Waals surface area contributed by atoms with Gasteiger partial charge in [0.1, 0.15) is 16.5 Å². The molecule has 3 amide bonds. The molecule has 1 aliphatic carbocycles. The van der Waals surface area contributed by atoms with Gasteiger partial charge in [0.05, 0.1) is 23.9 Å². The van der Waals surface area contributed by atoms with Crippen molar-refractivity contribution in [3.05, 3.63) is 52.7 Å². The Morgan fingerprint density at radius 3 is 2.58 bits per heavy atom. The van der Waals surface area contributed by atoms with Crippen LogP contribution in [0.2, 0.25) is 5.02 Å². The molecule has 1 saturated carbocycles. The summed E-state index contributed by atoms with van der Waals surface area (Å²) in [5, 5.41) is 4.88. The number of rotatable bonds is 6. The van der Waals surface area contributed by atoms with Crippen LogP contribution < -0.4 is 20.1 Å². The SMILES string of the molecule is COc1cc2nccc(Oc3c(F)cc(NC(=O)NC4CC4)c(Cl)c3F)c2cc1C(=O)N1CCCC1. The van der Waals surface area contributed by atoms with E-state index in [4.69, 9.17) is 21.1 Å². The second-order valence-corrected chi connectivity index (χ2v) is 9.09. The maximum absolute atomic E-state index is 15.1. The Morgan fingerprint density at radius 1 is 1.14 bits per heavy atom. The number of anilines is 1. The first-order chi connectivity index (χ1) is 17.4. The average molecular weight is 517 g/mol. The number of carbonyl (C=O) groups excluding carboxylic acids is 2. The van der Waals surface area contributed by atoms with Crippen LogP contribution in [0.1, 0.15) is 36.0 Å². The number of amides is 3. The molecule has 0 atom stereocenters. The highest BCUT2D eigenvalue weighted by Crippen LogP contribution is 2.39. The molecule has 1 aromatic heterocycles. The summed E-state index contributed by atoms with van der Waals surface area (Å²) in [5.74, 6) is -2.79. The Morgan fingerprint density at radius 2 is 1.89 bits per heavy atom. The fourth-order valence-electron chi connectivity index (χ4n) is 4.11. The number of halogens is 3. The first-order valence-corrected chi connectivity index (χ1v) is 11.9. The van der Waals surface area contributed by atoms with E-state index in [1.54, 1.807) is 17.0 Å². The summed E-state index contributed by atoms with van der Waals surface area (Å²) in [6, 6.07) is 4.91. The summed E-state index contributed by atoms with van der Waals surface area (Å²) in [7, 11) is 1.45. The van der Waals surface area contributed by atoms with Gasteiger partial charge in [0.15, 0.2) is 17.4 Å². The van der Waals surface area contributed by atoms with E-state index >= 15 is 4.39 Å². The molecule has 2 heterocycles. The number of benzene rings is 2. The maximum atomic E-state index is 15.1. The third-order valence-electron chi connectivity index (χ3n) is 6.14. The average Bonchev–Trinajstić information content (AvgIpc) is 3.50. The zero-order valence-corrected chi connectivity index (χ0v) is 20.1. The molecule has 1 aliphatic heterocycles. The lowest BCUT2D eigenvalue weighted by molar-refractivity contribution is 0.0789. The van der Waals surface area contributed by atoms with Crippen molar-refractivity contribution in [2.45, 2.75) is 31.7 Å². The number of hydrogen-bond acceptors (Lipinski definition) is 5. The van der Waals surface area contributed by atoms with Crippen LogP contribution in [-0.2, 0) is 0 Å². The molecule has 2 aromatic carbocycles. The molecule has 2 N–H and O–H groups in total. The van der Waals surface area contributed by atoms with Crippen molar-refractivity contribution in [3.8, 4) is 17.2 Å². The van der Waals surface area contributed by atoms with E-state index in [9.17, 15) is 14.0 Å². The number of hydrogen-bond donors (Lipinski definition) is 2. The molecule has 0 bridgehead atoms. The monoisotopic (exact) mass is 516 g/mol. The summed E-state index contributed by atoms with van der Waals surface area (Å²) in [5.41, 5.74) is 0.481. The van der Waals surface area contributed by atoms with Crippen molar-refractivity contribution in [3.63, 3.8) is 0 Å². The minimum atomic E-state index is -1.18. The molecular weight excluding hydrogens is 494 g/mol. The second kappa shape index (κ2) is 9.77. The van der Waals surface area contributed by atoms with Crippen LogP contribution in [0.4, 0.5) is 19.3 Å². The van der Waals surface area contributed by atoms with Gasteiger partial charge in [-0.25, -0.2) is 13.6 Å². The number of ether oxygens (including phenoxy) is 2. The fraction of sp³-hybridized carbons (Fsp3) is 0.320. The predicted octanol–water partition coefficient (Wildman–Crippen LogP) is 5.49. The number of aromatic nitrogens is 1. The van der Waals surface area contributed by atoms with Crippen molar-refractivity contribution < 1.29 is 27.8 Å². The molecule has 1 saturated heterocycles. The van der Waals surface area contributed by atoms with E-state index in [0.717, 1.165) is 31.7 Å². The van der Waals surface area contributed by atoms with Crippen LogP contribution in [0, 0.1) is 11.6 Å². The van der Waals surface area contributed by atoms with Crippen molar-refractivity contribution in [1.82, 2.24) is 15.2 Å². The standard InChI is InChI=1S/C25H23ClF2N4O4/c1-35-20-12-17-14(10-15(20)24(33)32-8-2-3-9-32)19(6-7-29-17)36-23-16(27)11-18(21(26)22(23)28)31-25(34)30-13-4-5-13/h6-7,10-13H,2-5,8-9H2,1H3,(H2,30,31,34). The topological polar surface area (TPSA) is 92.8 Å². The van der Waals surface area contributed by atoms with E-state index in [1.807, 2.05) is 0 Å².